The molecule has 2 aromatic rings. The molecule has 0 amide bonds. The number of hydrogen-bond acceptors (Lipinski definition) is 3. The van der Waals surface area contributed by atoms with Crippen molar-refractivity contribution in [3.05, 3.63) is 42.3 Å². The lowest BCUT2D eigenvalue weighted by Crippen LogP contribution is -1.96. The molecule has 0 aliphatic carbocycles. The molecule has 3 nitrogen and oxygen atoms in total. The van der Waals surface area contributed by atoms with Crippen LogP contribution in [0.15, 0.2) is 34.9 Å². The molecule has 0 spiro atoms. The molecule has 0 aliphatic heterocycles. The van der Waals surface area contributed by atoms with E-state index in [4.69, 9.17) is 4.42 Å². The molecule has 0 unspecified atom stereocenters. The standard InChI is InChI=1S/C10H9O3S/c1-14(11,12)7-8-6-13-10-5-3-2-4-9(8)10/h2-6H,1,7H2. The average Bonchev–Trinajstić information content (AvgIpc) is 2.47. The Kier molecular flexibility index (Phi) is 2.07. The second kappa shape index (κ2) is 3.13. The second-order valence-corrected chi connectivity index (χ2v) is 4.92. The maximum absolute atomic E-state index is 11.0. The van der Waals surface area contributed by atoms with Gasteiger partial charge in [0.1, 0.15) is 5.58 Å². The smallest absolute Gasteiger partial charge is 0.155 e. The Balaban J connectivity index is 2.54. The van der Waals surface area contributed by atoms with Gasteiger partial charge < -0.3 is 4.42 Å². The van der Waals surface area contributed by atoms with Crippen molar-refractivity contribution in [2.75, 3.05) is 0 Å². The molecular formula is C10H9O3S. The molecule has 1 heterocycles. The number of rotatable bonds is 2. The minimum Gasteiger partial charge on any atom is -0.464 e. The zero-order valence-electron chi connectivity index (χ0n) is 7.43. The van der Waals surface area contributed by atoms with E-state index >= 15 is 0 Å². The van der Waals surface area contributed by atoms with Crippen LogP contribution < -0.4 is 0 Å². The van der Waals surface area contributed by atoms with Gasteiger partial charge in [0.25, 0.3) is 0 Å². The summed E-state index contributed by atoms with van der Waals surface area (Å²) >= 11 is 0. The van der Waals surface area contributed by atoms with Crippen molar-refractivity contribution in [3.8, 4) is 0 Å². The Hall–Kier alpha value is -1.29. The van der Waals surface area contributed by atoms with Crippen molar-refractivity contribution in [1.82, 2.24) is 0 Å². The summed E-state index contributed by atoms with van der Waals surface area (Å²) in [6.07, 6.45) is 4.55. The number of hydrogen-bond donors (Lipinski definition) is 0. The van der Waals surface area contributed by atoms with Crippen molar-refractivity contribution in [1.29, 1.82) is 0 Å². The minimum absolute atomic E-state index is 0.0794. The van der Waals surface area contributed by atoms with E-state index < -0.39 is 9.84 Å². The van der Waals surface area contributed by atoms with Crippen molar-refractivity contribution < 1.29 is 12.8 Å². The van der Waals surface area contributed by atoms with Crippen molar-refractivity contribution in [2.45, 2.75) is 5.75 Å². The highest BCUT2D eigenvalue weighted by Gasteiger charge is 2.10. The molecule has 1 radical (unpaired) electrons. The summed E-state index contributed by atoms with van der Waals surface area (Å²) in [6, 6.07) is 7.32. The Morgan fingerprint density at radius 1 is 1.29 bits per heavy atom. The maximum Gasteiger partial charge on any atom is 0.155 e. The summed E-state index contributed by atoms with van der Waals surface area (Å²) in [5.74, 6) is -0.0794. The van der Waals surface area contributed by atoms with Crippen LogP contribution in [0.1, 0.15) is 5.56 Å². The van der Waals surface area contributed by atoms with Gasteiger partial charge in [-0.2, -0.15) is 0 Å². The van der Waals surface area contributed by atoms with E-state index in [9.17, 15) is 8.42 Å². The number of furan rings is 1. The van der Waals surface area contributed by atoms with Crippen LogP contribution in [0.25, 0.3) is 11.0 Å². The van der Waals surface area contributed by atoms with E-state index in [1.54, 1.807) is 6.07 Å². The Morgan fingerprint density at radius 2 is 2.00 bits per heavy atom. The fourth-order valence-electron chi connectivity index (χ4n) is 1.38. The van der Waals surface area contributed by atoms with Gasteiger partial charge in [-0.25, -0.2) is 8.42 Å². The zero-order valence-corrected chi connectivity index (χ0v) is 8.25. The van der Waals surface area contributed by atoms with E-state index in [0.717, 1.165) is 5.39 Å². The zero-order chi connectivity index (χ0) is 10.2. The lowest BCUT2D eigenvalue weighted by Gasteiger charge is -1.94. The number of para-hydroxylation sites is 1. The average molecular weight is 209 g/mol. The van der Waals surface area contributed by atoms with Crippen molar-refractivity contribution in [2.24, 2.45) is 0 Å². The molecule has 1 aromatic carbocycles. The summed E-state index contributed by atoms with van der Waals surface area (Å²) < 4.78 is 27.2. The molecule has 14 heavy (non-hydrogen) atoms. The van der Waals surface area contributed by atoms with Crippen LogP contribution in [0.3, 0.4) is 0 Å². The van der Waals surface area contributed by atoms with Gasteiger partial charge in [0, 0.05) is 10.9 Å². The van der Waals surface area contributed by atoms with Gasteiger partial charge in [0.05, 0.1) is 18.3 Å². The molecule has 0 saturated carbocycles. The summed E-state index contributed by atoms with van der Waals surface area (Å²) in [5, 5.41) is 0.833. The van der Waals surface area contributed by atoms with Crippen LogP contribution in [0.2, 0.25) is 0 Å². The van der Waals surface area contributed by atoms with Crippen LogP contribution in [0.4, 0.5) is 0 Å². The summed E-state index contributed by atoms with van der Waals surface area (Å²) in [6.45, 7) is 0. The molecule has 0 saturated heterocycles. The van der Waals surface area contributed by atoms with Gasteiger partial charge in [-0.15, -0.1) is 0 Å². The Bertz CT molecular complexity index is 552. The Morgan fingerprint density at radius 3 is 2.71 bits per heavy atom. The number of fused-ring (bicyclic) bond motifs is 1. The predicted molar refractivity (Wildman–Crippen MR) is 54.2 cm³/mol. The van der Waals surface area contributed by atoms with Gasteiger partial charge in [-0.1, -0.05) is 18.2 Å². The molecule has 0 aliphatic rings. The van der Waals surface area contributed by atoms with Crippen LogP contribution in [0, 0.1) is 6.26 Å². The first-order chi connectivity index (χ1) is 6.56. The molecule has 1 aromatic heterocycles. The van der Waals surface area contributed by atoms with E-state index in [1.165, 1.54) is 6.26 Å². The van der Waals surface area contributed by atoms with Crippen LogP contribution in [0.5, 0.6) is 0 Å². The van der Waals surface area contributed by atoms with E-state index in [0.29, 0.717) is 11.1 Å². The molecular weight excluding hydrogens is 200 g/mol. The van der Waals surface area contributed by atoms with Gasteiger partial charge in [0.15, 0.2) is 9.84 Å². The SMILES string of the molecule is [CH2]S(=O)(=O)Cc1coc2ccccc12. The monoisotopic (exact) mass is 209 g/mol. The highest BCUT2D eigenvalue weighted by molar-refractivity contribution is 7.91. The van der Waals surface area contributed by atoms with Gasteiger partial charge >= 0.3 is 0 Å². The third kappa shape index (κ3) is 1.80. The van der Waals surface area contributed by atoms with Gasteiger partial charge in [-0.3, -0.25) is 0 Å². The van der Waals surface area contributed by atoms with Crippen LogP contribution in [-0.2, 0) is 15.6 Å². The van der Waals surface area contributed by atoms with Crippen LogP contribution in [-0.4, -0.2) is 8.42 Å². The van der Waals surface area contributed by atoms with Crippen molar-refractivity contribution in [3.63, 3.8) is 0 Å². The molecule has 0 atom stereocenters. The van der Waals surface area contributed by atoms with E-state index in [2.05, 4.69) is 6.26 Å². The lowest BCUT2D eigenvalue weighted by molar-refractivity contribution is 0.598. The third-order valence-corrected chi connectivity index (χ3v) is 2.69. The molecule has 2 rings (SSSR count). The fourth-order valence-corrected chi connectivity index (χ4v) is 2.08. The van der Waals surface area contributed by atoms with Gasteiger partial charge in [0.2, 0.25) is 0 Å². The minimum atomic E-state index is -3.25. The first-order valence-corrected chi connectivity index (χ1v) is 5.89. The first kappa shape index (κ1) is 9.27. The topological polar surface area (TPSA) is 47.3 Å². The predicted octanol–water partition coefficient (Wildman–Crippen LogP) is 2.14. The quantitative estimate of drug-likeness (QED) is 0.761. The Labute approximate surface area is 82.3 Å². The maximum atomic E-state index is 11.0. The fraction of sp³-hybridized carbons (Fsp3) is 0.100. The molecule has 0 bridgehead atoms. The molecule has 73 valence electrons. The van der Waals surface area contributed by atoms with Gasteiger partial charge in [-0.05, 0) is 6.07 Å². The largest absolute Gasteiger partial charge is 0.464 e. The number of benzene rings is 1. The van der Waals surface area contributed by atoms with E-state index in [1.807, 2.05) is 18.2 Å². The first-order valence-electron chi connectivity index (χ1n) is 4.07. The number of sulfone groups is 1. The molecule has 0 fully saturated rings. The lowest BCUT2D eigenvalue weighted by atomic mass is 10.2. The highest BCUT2D eigenvalue weighted by Crippen LogP contribution is 2.22. The highest BCUT2D eigenvalue weighted by atomic mass is 32.2. The summed E-state index contributed by atoms with van der Waals surface area (Å²) in [4.78, 5) is 0. The summed E-state index contributed by atoms with van der Waals surface area (Å²) in [7, 11) is -3.25. The molecule has 4 heteroatoms. The third-order valence-electron chi connectivity index (χ3n) is 1.94. The van der Waals surface area contributed by atoms with Crippen molar-refractivity contribution >= 4 is 20.8 Å². The molecule has 0 N–H and O–H groups in total. The normalized spacial score (nSPS) is 12.1. The second-order valence-electron chi connectivity index (χ2n) is 3.15. The van der Waals surface area contributed by atoms with E-state index in [-0.39, 0.29) is 5.75 Å². The summed E-state index contributed by atoms with van der Waals surface area (Å²) in [5.41, 5.74) is 1.36. The van der Waals surface area contributed by atoms with Crippen LogP contribution >= 0.6 is 0 Å².